The first kappa shape index (κ1) is 13.6. The minimum Gasteiger partial charge on any atom is -0.364 e. The number of nitrogens with two attached hydrogens (primary N) is 1. The Balaban J connectivity index is 1.94. The highest BCUT2D eigenvalue weighted by molar-refractivity contribution is 5.94. The predicted molar refractivity (Wildman–Crippen MR) is 85.1 cm³/mol. The molecule has 0 aliphatic rings. The van der Waals surface area contributed by atoms with Crippen molar-refractivity contribution in [2.75, 3.05) is 11.4 Å². The van der Waals surface area contributed by atoms with Crippen LogP contribution in [0.3, 0.4) is 0 Å². The Labute approximate surface area is 124 Å². The van der Waals surface area contributed by atoms with E-state index in [1.165, 1.54) is 16.5 Å². The lowest BCUT2D eigenvalue weighted by Crippen LogP contribution is -2.21. The second-order valence-electron chi connectivity index (χ2n) is 5.00. The quantitative estimate of drug-likeness (QED) is 0.779. The molecule has 0 fully saturated rings. The molecule has 0 bridgehead atoms. The monoisotopic (exact) mass is 281 g/mol. The van der Waals surface area contributed by atoms with Crippen LogP contribution in [0.2, 0.25) is 0 Å². The molecule has 1 aromatic heterocycles. The Bertz CT molecular complexity index is 730. The third kappa shape index (κ3) is 2.76. The molecule has 0 unspecified atom stereocenters. The first-order valence-corrected chi connectivity index (χ1v) is 7.19. The van der Waals surface area contributed by atoms with Crippen LogP contribution in [0.15, 0.2) is 53.1 Å². The molecule has 0 spiro atoms. The molecule has 0 aliphatic carbocycles. The first-order valence-electron chi connectivity index (χ1n) is 7.19. The number of rotatable bonds is 5. The van der Waals surface area contributed by atoms with E-state index < -0.39 is 0 Å². The minimum absolute atomic E-state index is 0.407. The van der Waals surface area contributed by atoms with Gasteiger partial charge in [-0.3, -0.25) is 0 Å². The van der Waals surface area contributed by atoms with Gasteiger partial charge in [-0.1, -0.05) is 41.6 Å². The highest BCUT2D eigenvalue weighted by Gasteiger charge is 2.12. The zero-order valence-electron chi connectivity index (χ0n) is 12.1. The minimum atomic E-state index is 0.407. The molecule has 1 heterocycles. The molecule has 3 aromatic rings. The topological polar surface area (TPSA) is 55.3 Å². The van der Waals surface area contributed by atoms with E-state index in [1.54, 1.807) is 0 Å². The van der Waals surface area contributed by atoms with Crippen molar-refractivity contribution in [3.05, 3.63) is 60.0 Å². The maximum atomic E-state index is 5.58. The second kappa shape index (κ2) is 5.97. The van der Waals surface area contributed by atoms with Gasteiger partial charge in [-0.05, 0) is 18.4 Å². The van der Waals surface area contributed by atoms with E-state index >= 15 is 0 Å². The van der Waals surface area contributed by atoms with Crippen LogP contribution in [0, 0.1) is 0 Å². The maximum absolute atomic E-state index is 5.58. The summed E-state index contributed by atoms with van der Waals surface area (Å²) in [6.07, 6.45) is 0. The highest BCUT2D eigenvalue weighted by atomic mass is 16.5. The molecule has 0 radical (unpaired) electrons. The van der Waals surface area contributed by atoms with Gasteiger partial charge >= 0.3 is 0 Å². The van der Waals surface area contributed by atoms with Crippen molar-refractivity contribution in [3.8, 4) is 0 Å². The molecular formula is C17H19N3O. The van der Waals surface area contributed by atoms with Gasteiger partial charge in [0.1, 0.15) is 0 Å². The van der Waals surface area contributed by atoms with Crippen LogP contribution in [0.5, 0.6) is 0 Å². The fourth-order valence-corrected chi connectivity index (χ4v) is 2.57. The van der Waals surface area contributed by atoms with E-state index in [9.17, 15) is 0 Å². The largest absolute Gasteiger partial charge is 0.364 e. The summed E-state index contributed by atoms with van der Waals surface area (Å²) in [5, 5.41) is 6.45. The molecule has 3 rings (SSSR count). The van der Waals surface area contributed by atoms with Crippen molar-refractivity contribution in [1.29, 1.82) is 0 Å². The molecule has 108 valence electrons. The van der Waals surface area contributed by atoms with E-state index in [1.807, 2.05) is 6.07 Å². The molecule has 0 saturated heterocycles. The molecule has 0 aliphatic heterocycles. The average molecular weight is 281 g/mol. The summed E-state index contributed by atoms with van der Waals surface area (Å²) in [5.41, 5.74) is 7.58. The summed E-state index contributed by atoms with van der Waals surface area (Å²) in [6, 6.07) is 16.7. The Morgan fingerprint density at radius 3 is 2.71 bits per heavy atom. The highest BCUT2D eigenvalue weighted by Crippen LogP contribution is 2.27. The van der Waals surface area contributed by atoms with Crippen LogP contribution >= 0.6 is 0 Å². The molecule has 0 saturated carbocycles. The van der Waals surface area contributed by atoms with Gasteiger partial charge in [-0.15, -0.1) is 0 Å². The van der Waals surface area contributed by atoms with Gasteiger partial charge < -0.3 is 15.2 Å². The van der Waals surface area contributed by atoms with Crippen molar-refractivity contribution in [3.63, 3.8) is 0 Å². The van der Waals surface area contributed by atoms with Gasteiger partial charge in [0.05, 0.1) is 12.2 Å². The number of aromatic nitrogens is 1. The fourth-order valence-electron chi connectivity index (χ4n) is 2.57. The molecule has 2 N–H and O–H groups in total. The van der Waals surface area contributed by atoms with Gasteiger partial charge in [0, 0.05) is 30.2 Å². The van der Waals surface area contributed by atoms with Gasteiger partial charge in [0.25, 0.3) is 0 Å². The fraction of sp³-hybridized carbons (Fsp3) is 0.235. The Morgan fingerprint density at radius 2 is 1.95 bits per heavy atom. The second-order valence-corrected chi connectivity index (χ2v) is 5.00. The van der Waals surface area contributed by atoms with Crippen molar-refractivity contribution in [2.24, 2.45) is 5.73 Å². The van der Waals surface area contributed by atoms with Gasteiger partial charge in [-0.25, -0.2) is 0 Å². The van der Waals surface area contributed by atoms with Crippen LogP contribution in [-0.2, 0) is 13.1 Å². The van der Waals surface area contributed by atoms with Crippen molar-refractivity contribution in [2.45, 2.75) is 20.0 Å². The zero-order valence-corrected chi connectivity index (χ0v) is 12.1. The van der Waals surface area contributed by atoms with Crippen LogP contribution < -0.4 is 10.6 Å². The molecule has 0 amide bonds. The predicted octanol–water partition coefficient (Wildman–Crippen LogP) is 3.31. The van der Waals surface area contributed by atoms with Crippen LogP contribution in [0.25, 0.3) is 10.8 Å². The summed E-state index contributed by atoms with van der Waals surface area (Å²) >= 11 is 0. The van der Waals surface area contributed by atoms with E-state index in [0.29, 0.717) is 13.1 Å². The smallest absolute Gasteiger partial charge is 0.156 e. The number of benzene rings is 2. The lowest BCUT2D eigenvalue weighted by Gasteiger charge is -2.23. The normalized spacial score (nSPS) is 11.0. The Kier molecular flexibility index (Phi) is 3.88. The van der Waals surface area contributed by atoms with Crippen molar-refractivity contribution >= 4 is 16.5 Å². The summed E-state index contributed by atoms with van der Waals surface area (Å²) in [4.78, 5) is 2.28. The van der Waals surface area contributed by atoms with Crippen molar-refractivity contribution in [1.82, 2.24) is 5.16 Å². The standard InChI is InChI=1S/C17H19N3O/c1-2-20(12-15-10-14(11-18)19-21-15)17-9-5-7-13-6-3-4-8-16(13)17/h3-10H,2,11-12,18H2,1H3. The van der Waals surface area contributed by atoms with E-state index in [4.69, 9.17) is 10.3 Å². The Morgan fingerprint density at radius 1 is 1.14 bits per heavy atom. The molecule has 4 nitrogen and oxygen atoms in total. The van der Waals surface area contributed by atoms with Crippen molar-refractivity contribution < 1.29 is 4.52 Å². The third-order valence-corrected chi connectivity index (χ3v) is 3.65. The Hall–Kier alpha value is -2.33. The SMILES string of the molecule is CCN(Cc1cc(CN)no1)c1cccc2ccccc12. The van der Waals surface area contributed by atoms with Gasteiger partial charge in [0.15, 0.2) is 5.76 Å². The summed E-state index contributed by atoms with van der Waals surface area (Å²) in [6.45, 7) is 4.13. The lowest BCUT2D eigenvalue weighted by atomic mass is 10.1. The van der Waals surface area contributed by atoms with E-state index in [-0.39, 0.29) is 0 Å². The van der Waals surface area contributed by atoms with E-state index in [0.717, 1.165) is 18.0 Å². The summed E-state index contributed by atoms with van der Waals surface area (Å²) in [5.74, 6) is 0.838. The molecule has 4 heteroatoms. The maximum Gasteiger partial charge on any atom is 0.156 e. The van der Waals surface area contributed by atoms with Gasteiger partial charge in [-0.2, -0.15) is 0 Å². The third-order valence-electron chi connectivity index (χ3n) is 3.65. The summed E-state index contributed by atoms with van der Waals surface area (Å²) in [7, 11) is 0. The summed E-state index contributed by atoms with van der Waals surface area (Å²) < 4.78 is 5.35. The van der Waals surface area contributed by atoms with Crippen LogP contribution in [-0.4, -0.2) is 11.7 Å². The van der Waals surface area contributed by atoms with Gasteiger partial charge in [0.2, 0.25) is 0 Å². The number of nitrogens with zero attached hydrogens (tertiary/aromatic N) is 2. The first-order chi connectivity index (χ1) is 10.3. The molecule has 2 aromatic carbocycles. The average Bonchev–Trinajstić information content (AvgIpc) is 3.00. The molecule has 0 atom stereocenters. The molecule has 21 heavy (non-hydrogen) atoms. The van der Waals surface area contributed by atoms with Crippen LogP contribution in [0.4, 0.5) is 5.69 Å². The lowest BCUT2D eigenvalue weighted by molar-refractivity contribution is 0.376. The molecular weight excluding hydrogens is 262 g/mol. The zero-order chi connectivity index (χ0) is 14.7. The van der Waals surface area contributed by atoms with Crippen LogP contribution in [0.1, 0.15) is 18.4 Å². The number of fused-ring (bicyclic) bond motifs is 1. The van der Waals surface area contributed by atoms with E-state index in [2.05, 4.69) is 59.4 Å². The number of anilines is 1. The number of hydrogen-bond donors (Lipinski definition) is 1. The number of hydrogen-bond acceptors (Lipinski definition) is 4.